The summed E-state index contributed by atoms with van der Waals surface area (Å²) in [6.07, 6.45) is 4.61. The Bertz CT molecular complexity index is 473. The van der Waals surface area contributed by atoms with Crippen LogP contribution in [0.15, 0.2) is 18.2 Å². The fourth-order valence-electron chi connectivity index (χ4n) is 2.06. The van der Waals surface area contributed by atoms with Crippen LogP contribution in [0, 0.1) is 11.8 Å². The SMILES string of the molecule is CCC(N)(C#CCCCc1cc(OC)cc(OC)c1)CC. The Morgan fingerprint density at radius 2 is 1.62 bits per heavy atom. The molecule has 0 heterocycles. The molecule has 3 heteroatoms. The van der Waals surface area contributed by atoms with Crippen molar-refractivity contribution in [1.29, 1.82) is 0 Å². The van der Waals surface area contributed by atoms with E-state index in [1.54, 1.807) is 14.2 Å². The molecule has 0 fully saturated rings. The van der Waals surface area contributed by atoms with E-state index in [4.69, 9.17) is 15.2 Å². The molecule has 0 saturated heterocycles. The molecule has 116 valence electrons. The molecule has 2 N–H and O–H groups in total. The second-order valence-corrected chi connectivity index (χ2v) is 5.24. The summed E-state index contributed by atoms with van der Waals surface area (Å²) in [5, 5.41) is 0. The molecule has 0 aromatic heterocycles. The Morgan fingerprint density at radius 3 is 2.10 bits per heavy atom. The van der Waals surface area contributed by atoms with Crippen molar-refractivity contribution in [3.05, 3.63) is 23.8 Å². The Kier molecular flexibility index (Phi) is 7.11. The second kappa shape index (κ2) is 8.59. The average molecular weight is 289 g/mol. The van der Waals surface area contributed by atoms with Crippen molar-refractivity contribution in [3.8, 4) is 23.3 Å². The second-order valence-electron chi connectivity index (χ2n) is 5.24. The van der Waals surface area contributed by atoms with Gasteiger partial charge in [0.2, 0.25) is 0 Å². The normalized spacial score (nSPS) is 10.7. The van der Waals surface area contributed by atoms with Crippen molar-refractivity contribution in [2.45, 2.75) is 51.5 Å². The van der Waals surface area contributed by atoms with Gasteiger partial charge in [-0.25, -0.2) is 0 Å². The number of unbranched alkanes of at least 4 members (excludes halogenated alkanes) is 1. The van der Waals surface area contributed by atoms with E-state index in [1.165, 1.54) is 5.56 Å². The summed E-state index contributed by atoms with van der Waals surface area (Å²) in [6, 6.07) is 5.97. The van der Waals surface area contributed by atoms with Gasteiger partial charge >= 0.3 is 0 Å². The zero-order chi connectivity index (χ0) is 15.7. The smallest absolute Gasteiger partial charge is 0.122 e. The van der Waals surface area contributed by atoms with Crippen LogP contribution in [-0.4, -0.2) is 19.8 Å². The lowest BCUT2D eigenvalue weighted by molar-refractivity contribution is 0.393. The van der Waals surface area contributed by atoms with Gasteiger partial charge in [-0.3, -0.25) is 0 Å². The first-order valence-electron chi connectivity index (χ1n) is 7.57. The third-order valence-corrected chi connectivity index (χ3v) is 3.78. The lowest BCUT2D eigenvalue weighted by atomic mass is 9.95. The number of rotatable bonds is 7. The van der Waals surface area contributed by atoms with E-state index in [-0.39, 0.29) is 5.54 Å². The van der Waals surface area contributed by atoms with Gasteiger partial charge in [0, 0.05) is 12.5 Å². The Balaban J connectivity index is 2.55. The van der Waals surface area contributed by atoms with E-state index in [9.17, 15) is 0 Å². The summed E-state index contributed by atoms with van der Waals surface area (Å²) in [6.45, 7) is 4.17. The van der Waals surface area contributed by atoms with Crippen LogP contribution in [0.25, 0.3) is 0 Å². The third kappa shape index (κ3) is 5.69. The molecular weight excluding hydrogens is 262 g/mol. The van der Waals surface area contributed by atoms with E-state index in [0.717, 1.165) is 43.6 Å². The molecule has 0 spiro atoms. The van der Waals surface area contributed by atoms with E-state index >= 15 is 0 Å². The third-order valence-electron chi connectivity index (χ3n) is 3.78. The summed E-state index contributed by atoms with van der Waals surface area (Å²) in [4.78, 5) is 0. The van der Waals surface area contributed by atoms with Gasteiger partial charge in [-0.1, -0.05) is 19.8 Å². The zero-order valence-electron chi connectivity index (χ0n) is 13.7. The number of nitrogens with two attached hydrogens (primary N) is 1. The van der Waals surface area contributed by atoms with E-state index in [0.29, 0.717) is 0 Å². The number of aryl methyl sites for hydroxylation is 1. The maximum atomic E-state index is 6.16. The van der Waals surface area contributed by atoms with Gasteiger partial charge in [0.25, 0.3) is 0 Å². The van der Waals surface area contributed by atoms with Gasteiger partial charge in [0.1, 0.15) is 11.5 Å². The molecule has 0 atom stereocenters. The highest BCUT2D eigenvalue weighted by Crippen LogP contribution is 2.23. The zero-order valence-corrected chi connectivity index (χ0v) is 13.7. The van der Waals surface area contributed by atoms with Crippen molar-refractivity contribution in [1.82, 2.24) is 0 Å². The van der Waals surface area contributed by atoms with Gasteiger partial charge < -0.3 is 15.2 Å². The minimum atomic E-state index is -0.320. The molecule has 3 nitrogen and oxygen atoms in total. The molecule has 0 unspecified atom stereocenters. The molecule has 0 amide bonds. The number of benzene rings is 1. The van der Waals surface area contributed by atoms with Crippen LogP contribution >= 0.6 is 0 Å². The summed E-state index contributed by atoms with van der Waals surface area (Å²) in [5.41, 5.74) is 7.05. The van der Waals surface area contributed by atoms with Crippen molar-refractivity contribution in [3.63, 3.8) is 0 Å². The Labute approximate surface area is 128 Å². The van der Waals surface area contributed by atoms with Crippen molar-refractivity contribution < 1.29 is 9.47 Å². The maximum absolute atomic E-state index is 6.16. The molecule has 0 bridgehead atoms. The standard InChI is InChI=1S/C18H27NO2/c1-5-18(19,6-2)11-9-7-8-10-15-12-16(20-3)14-17(13-15)21-4/h12-14H,5-8,10,19H2,1-4H3. The highest BCUT2D eigenvalue weighted by Gasteiger charge is 2.15. The molecule has 0 saturated carbocycles. The predicted octanol–water partition coefficient (Wildman–Crippen LogP) is 3.55. The lowest BCUT2D eigenvalue weighted by Crippen LogP contribution is -2.36. The van der Waals surface area contributed by atoms with Crippen LogP contribution < -0.4 is 15.2 Å². The van der Waals surface area contributed by atoms with Crippen molar-refractivity contribution in [2.24, 2.45) is 5.73 Å². The minimum Gasteiger partial charge on any atom is -0.497 e. The Hall–Kier alpha value is -1.66. The first-order valence-corrected chi connectivity index (χ1v) is 7.57. The molecule has 1 aromatic carbocycles. The largest absolute Gasteiger partial charge is 0.497 e. The van der Waals surface area contributed by atoms with Gasteiger partial charge in [0.15, 0.2) is 0 Å². The summed E-state index contributed by atoms with van der Waals surface area (Å²) in [7, 11) is 3.33. The van der Waals surface area contributed by atoms with E-state index in [1.807, 2.05) is 18.2 Å². The van der Waals surface area contributed by atoms with E-state index < -0.39 is 0 Å². The molecule has 0 radical (unpaired) electrons. The number of hydrogen-bond acceptors (Lipinski definition) is 3. The van der Waals surface area contributed by atoms with Crippen LogP contribution in [0.5, 0.6) is 11.5 Å². The first kappa shape index (κ1) is 17.4. The minimum absolute atomic E-state index is 0.320. The van der Waals surface area contributed by atoms with Gasteiger partial charge in [-0.05, 0) is 43.4 Å². The maximum Gasteiger partial charge on any atom is 0.122 e. The van der Waals surface area contributed by atoms with Gasteiger partial charge in [-0.2, -0.15) is 0 Å². The number of ether oxygens (including phenoxy) is 2. The molecular formula is C18H27NO2. The topological polar surface area (TPSA) is 44.5 Å². The quantitative estimate of drug-likeness (QED) is 0.617. The van der Waals surface area contributed by atoms with Crippen molar-refractivity contribution >= 4 is 0 Å². The van der Waals surface area contributed by atoms with Gasteiger partial charge in [-0.15, -0.1) is 5.92 Å². The molecule has 0 aliphatic carbocycles. The highest BCUT2D eigenvalue weighted by atomic mass is 16.5. The molecule has 0 aliphatic rings. The fraction of sp³-hybridized carbons (Fsp3) is 0.556. The lowest BCUT2D eigenvalue weighted by Gasteiger charge is -2.18. The molecule has 0 aliphatic heterocycles. The summed E-state index contributed by atoms with van der Waals surface area (Å²) < 4.78 is 10.5. The fourth-order valence-corrected chi connectivity index (χ4v) is 2.06. The summed E-state index contributed by atoms with van der Waals surface area (Å²) in [5.74, 6) is 8.08. The molecule has 1 aromatic rings. The summed E-state index contributed by atoms with van der Waals surface area (Å²) >= 11 is 0. The van der Waals surface area contributed by atoms with Crippen LogP contribution in [0.4, 0.5) is 0 Å². The number of methoxy groups -OCH3 is 2. The first-order chi connectivity index (χ1) is 10.1. The van der Waals surface area contributed by atoms with Gasteiger partial charge in [0.05, 0.1) is 19.8 Å². The highest BCUT2D eigenvalue weighted by molar-refractivity contribution is 5.38. The van der Waals surface area contributed by atoms with E-state index in [2.05, 4.69) is 25.7 Å². The average Bonchev–Trinajstić information content (AvgIpc) is 2.53. The Morgan fingerprint density at radius 1 is 1.05 bits per heavy atom. The molecule has 1 rings (SSSR count). The van der Waals surface area contributed by atoms with Crippen LogP contribution in [0.2, 0.25) is 0 Å². The van der Waals surface area contributed by atoms with Crippen LogP contribution in [0.1, 0.15) is 45.1 Å². The van der Waals surface area contributed by atoms with Crippen molar-refractivity contribution in [2.75, 3.05) is 14.2 Å². The van der Waals surface area contributed by atoms with Crippen LogP contribution in [-0.2, 0) is 6.42 Å². The van der Waals surface area contributed by atoms with Crippen LogP contribution in [0.3, 0.4) is 0 Å². The number of hydrogen-bond donors (Lipinski definition) is 1. The predicted molar refractivity (Wildman–Crippen MR) is 87.8 cm³/mol. The monoisotopic (exact) mass is 289 g/mol. The molecule has 21 heavy (non-hydrogen) atoms.